The van der Waals surface area contributed by atoms with Gasteiger partial charge >= 0.3 is 0 Å². The predicted octanol–water partition coefficient (Wildman–Crippen LogP) is 2.07. The summed E-state index contributed by atoms with van der Waals surface area (Å²) in [7, 11) is 0. The summed E-state index contributed by atoms with van der Waals surface area (Å²) < 4.78 is 32.0. The molecule has 20 heavy (non-hydrogen) atoms. The molecule has 3 rings (SSSR count). The summed E-state index contributed by atoms with van der Waals surface area (Å²) in [5, 5.41) is 3.78. The standard InChI is InChI=1S/C13H14F2N4O/c14-9-5-8(13-17-12(7-16)20-18-13)11(6-10(9)15)19-3-1-2-4-19/h5-6H,1-4,7,16H2. The number of benzene rings is 1. The first-order chi connectivity index (χ1) is 9.69. The number of halogens is 2. The monoisotopic (exact) mass is 280 g/mol. The molecule has 2 aromatic rings. The van der Waals surface area contributed by atoms with Gasteiger partial charge in [0.25, 0.3) is 0 Å². The van der Waals surface area contributed by atoms with E-state index in [2.05, 4.69) is 10.1 Å². The molecule has 0 amide bonds. The van der Waals surface area contributed by atoms with Crippen LogP contribution < -0.4 is 10.6 Å². The van der Waals surface area contributed by atoms with Gasteiger partial charge in [-0.05, 0) is 18.9 Å². The third kappa shape index (κ3) is 2.24. The quantitative estimate of drug-likeness (QED) is 0.932. The van der Waals surface area contributed by atoms with Crippen LogP contribution in [0.25, 0.3) is 11.4 Å². The minimum atomic E-state index is -0.929. The van der Waals surface area contributed by atoms with Crippen molar-refractivity contribution in [2.24, 2.45) is 5.73 Å². The molecule has 1 aromatic heterocycles. The van der Waals surface area contributed by atoms with Gasteiger partial charge in [0.2, 0.25) is 11.7 Å². The largest absolute Gasteiger partial charge is 0.371 e. The van der Waals surface area contributed by atoms with Gasteiger partial charge in [0.1, 0.15) is 0 Å². The number of anilines is 1. The molecule has 1 fully saturated rings. The molecule has 0 unspecified atom stereocenters. The van der Waals surface area contributed by atoms with E-state index < -0.39 is 11.6 Å². The van der Waals surface area contributed by atoms with Gasteiger partial charge in [-0.15, -0.1) is 0 Å². The van der Waals surface area contributed by atoms with E-state index in [4.69, 9.17) is 10.3 Å². The van der Waals surface area contributed by atoms with Crippen LogP contribution in [-0.2, 0) is 6.54 Å². The summed E-state index contributed by atoms with van der Waals surface area (Å²) >= 11 is 0. The average Bonchev–Trinajstić information content (AvgIpc) is 3.11. The van der Waals surface area contributed by atoms with Crippen LogP contribution in [-0.4, -0.2) is 23.2 Å². The van der Waals surface area contributed by atoms with Gasteiger partial charge in [-0.1, -0.05) is 5.16 Å². The van der Waals surface area contributed by atoms with Gasteiger partial charge in [0.05, 0.1) is 12.2 Å². The molecule has 1 aliphatic heterocycles. The summed E-state index contributed by atoms with van der Waals surface area (Å²) in [5.74, 6) is -1.32. The molecule has 0 bridgehead atoms. The van der Waals surface area contributed by atoms with Gasteiger partial charge in [-0.2, -0.15) is 4.98 Å². The van der Waals surface area contributed by atoms with E-state index in [1.165, 1.54) is 6.07 Å². The van der Waals surface area contributed by atoms with Gasteiger partial charge in [-0.3, -0.25) is 0 Å². The van der Waals surface area contributed by atoms with Crippen LogP contribution in [0.4, 0.5) is 14.5 Å². The highest BCUT2D eigenvalue weighted by Crippen LogP contribution is 2.33. The Morgan fingerprint density at radius 1 is 1.20 bits per heavy atom. The van der Waals surface area contributed by atoms with Crippen LogP contribution in [0.3, 0.4) is 0 Å². The van der Waals surface area contributed by atoms with E-state index in [-0.39, 0.29) is 18.3 Å². The van der Waals surface area contributed by atoms with Crippen LogP contribution in [0, 0.1) is 11.6 Å². The lowest BCUT2D eigenvalue weighted by atomic mass is 10.1. The molecular formula is C13H14F2N4O. The van der Waals surface area contributed by atoms with E-state index in [1.54, 1.807) is 0 Å². The predicted molar refractivity (Wildman–Crippen MR) is 69.0 cm³/mol. The zero-order valence-electron chi connectivity index (χ0n) is 10.8. The molecular weight excluding hydrogens is 266 g/mol. The third-order valence-electron chi connectivity index (χ3n) is 3.37. The van der Waals surface area contributed by atoms with Crippen molar-refractivity contribution in [2.75, 3.05) is 18.0 Å². The van der Waals surface area contributed by atoms with Crippen molar-refractivity contribution in [3.05, 3.63) is 29.7 Å². The highest BCUT2D eigenvalue weighted by Gasteiger charge is 2.22. The fourth-order valence-corrected chi connectivity index (χ4v) is 2.38. The first-order valence-electron chi connectivity index (χ1n) is 6.46. The molecule has 2 heterocycles. The van der Waals surface area contributed by atoms with Crippen molar-refractivity contribution in [3.8, 4) is 11.4 Å². The van der Waals surface area contributed by atoms with Crippen LogP contribution >= 0.6 is 0 Å². The second kappa shape index (κ2) is 5.16. The van der Waals surface area contributed by atoms with Crippen molar-refractivity contribution in [1.29, 1.82) is 0 Å². The number of nitrogens with two attached hydrogens (primary N) is 1. The lowest BCUT2D eigenvalue weighted by molar-refractivity contribution is 0.380. The molecule has 0 aliphatic carbocycles. The van der Waals surface area contributed by atoms with E-state index in [0.29, 0.717) is 11.3 Å². The second-order valence-electron chi connectivity index (χ2n) is 4.69. The topological polar surface area (TPSA) is 68.2 Å². The molecule has 1 aromatic carbocycles. The molecule has 0 radical (unpaired) electrons. The van der Waals surface area contributed by atoms with E-state index >= 15 is 0 Å². The number of hydrogen-bond acceptors (Lipinski definition) is 5. The van der Waals surface area contributed by atoms with Crippen LogP contribution in [0.2, 0.25) is 0 Å². The third-order valence-corrected chi connectivity index (χ3v) is 3.37. The molecule has 1 aliphatic rings. The van der Waals surface area contributed by atoms with Gasteiger partial charge in [0, 0.05) is 24.7 Å². The SMILES string of the molecule is NCc1nc(-c2cc(F)c(F)cc2N2CCCC2)no1. The maximum absolute atomic E-state index is 13.5. The molecule has 106 valence electrons. The summed E-state index contributed by atoms with van der Waals surface area (Å²) in [6.45, 7) is 1.72. The Hall–Kier alpha value is -2.02. The van der Waals surface area contributed by atoms with Gasteiger partial charge in [0.15, 0.2) is 11.6 Å². The lowest BCUT2D eigenvalue weighted by Crippen LogP contribution is -2.19. The maximum atomic E-state index is 13.5. The van der Waals surface area contributed by atoms with Crippen LogP contribution in [0.1, 0.15) is 18.7 Å². The zero-order valence-corrected chi connectivity index (χ0v) is 10.8. The molecule has 5 nitrogen and oxygen atoms in total. The Balaban J connectivity index is 2.09. The van der Waals surface area contributed by atoms with Crippen molar-refractivity contribution in [3.63, 3.8) is 0 Å². The smallest absolute Gasteiger partial charge is 0.240 e. The normalized spacial score (nSPS) is 15.1. The first kappa shape index (κ1) is 13.0. The Kier molecular flexibility index (Phi) is 3.35. The number of hydrogen-bond donors (Lipinski definition) is 1. The van der Waals surface area contributed by atoms with Crippen LogP contribution in [0.5, 0.6) is 0 Å². The van der Waals surface area contributed by atoms with Crippen molar-refractivity contribution < 1.29 is 13.3 Å². The molecule has 2 N–H and O–H groups in total. The summed E-state index contributed by atoms with van der Waals surface area (Å²) in [6.07, 6.45) is 2.05. The molecule has 0 atom stereocenters. The maximum Gasteiger partial charge on any atom is 0.240 e. The first-order valence-corrected chi connectivity index (χ1v) is 6.46. The Bertz CT molecular complexity index is 623. The van der Waals surface area contributed by atoms with Crippen molar-refractivity contribution >= 4 is 5.69 Å². The van der Waals surface area contributed by atoms with Crippen molar-refractivity contribution in [2.45, 2.75) is 19.4 Å². The minimum absolute atomic E-state index is 0.107. The highest BCUT2D eigenvalue weighted by atomic mass is 19.2. The number of rotatable bonds is 3. The Labute approximate surface area is 114 Å². The molecule has 1 saturated heterocycles. The fourth-order valence-electron chi connectivity index (χ4n) is 2.38. The zero-order chi connectivity index (χ0) is 14.1. The summed E-state index contributed by atoms with van der Waals surface area (Å²) in [4.78, 5) is 6.08. The average molecular weight is 280 g/mol. The van der Waals surface area contributed by atoms with E-state index in [0.717, 1.165) is 32.0 Å². The Morgan fingerprint density at radius 3 is 2.55 bits per heavy atom. The highest BCUT2D eigenvalue weighted by molar-refractivity contribution is 5.74. The number of aromatic nitrogens is 2. The van der Waals surface area contributed by atoms with Crippen molar-refractivity contribution in [1.82, 2.24) is 10.1 Å². The Morgan fingerprint density at radius 2 is 1.90 bits per heavy atom. The van der Waals surface area contributed by atoms with Crippen LogP contribution in [0.15, 0.2) is 16.7 Å². The second-order valence-corrected chi connectivity index (χ2v) is 4.69. The summed E-state index contributed by atoms with van der Waals surface area (Å²) in [6, 6.07) is 2.29. The fraction of sp³-hybridized carbons (Fsp3) is 0.385. The van der Waals surface area contributed by atoms with E-state index in [9.17, 15) is 8.78 Å². The van der Waals surface area contributed by atoms with Gasteiger partial charge in [-0.25, -0.2) is 8.78 Å². The molecule has 0 spiro atoms. The molecule has 7 heteroatoms. The minimum Gasteiger partial charge on any atom is -0.371 e. The number of nitrogens with zero attached hydrogens (tertiary/aromatic N) is 3. The molecule has 0 saturated carbocycles. The van der Waals surface area contributed by atoms with E-state index in [1.807, 2.05) is 4.90 Å². The van der Waals surface area contributed by atoms with Gasteiger partial charge < -0.3 is 15.2 Å². The lowest BCUT2D eigenvalue weighted by Gasteiger charge is -2.20. The summed E-state index contributed by atoms with van der Waals surface area (Å²) in [5.41, 5.74) is 6.43.